The first kappa shape index (κ1) is 25.3. The van der Waals surface area contributed by atoms with E-state index in [2.05, 4.69) is 10.6 Å². The third-order valence-corrected chi connectivity index (χ3v) is 5.05. The van der Waals surface area contributed by atoms with Crippen LogP contribution in [0.2, 0.25) is 0 Å². The Morgan fingerprint density at radius 1 is 0.857 bits per heavy atom. The zero-order valence-corrected chi connectivity index (χ0v) is 19.7. The lowest BCUT2D eigenvalue weighted by Gasteiger charge is -2.09. The summed E-state index contributed by atoms with van der Waals surface area (Å²) in [5.41, 5.74) is 3.04. The van der Waals surface area contributed by atoms with Crippen LogP contribution in [0.5, 0.6) is 11.5 Å². The molecule has 0 aromatic heterocycles. The van der Waals surface area contributed by atoms with Gasteiger partial charge in [-0.25, -0.2) is 4.79 Å². The number of ether oxygens (including phenoxy) is 3. The highest BCUT2D eigenvalue weighted by Gasteiger charge is 2.09. The van der Waals surface area contributed by atoms with Gasteiger partial charge in [-0.05, 0) is 73.0 Å². The topological polar surface area (TPSA) is 103 Å². The standard InChI is InChI=1S/C27H28N2O6/c1-3-34-27(32)35-23-14-10-21(11-15-23)26(31)28-18-20-7-12-22(13-8-20)29-25(30)16-9-19-5-4-6-24(17-19)33-2/h4-8,10-15,17H,3,9,16,18H2,1-2H3,(H,28,31)(H,29,30). The van der Waals surface area contributed by atoms with Crippen molar-refractivity contribution in [3.8, 4) is 11.5 Å². The monoisotopic (exact) mass is 476 g/mol. The van der Waals surface area contributed by atoms with Crippen molar-refractivity contribution in [2.24, 2.45) is 0 Å². The smallest absolute Gasteiger partial charge is 0.497 e. The van der Waals surface area contributed by atoms with Gasteiger partial charge in [0, 0.05) is 24.2 Å². The van der Waals surface area contributed by atoms with Gasteiger partial charge in [-0.3, -0.25) is 9.59 Å². The Morgan fingerprint density at radius 2 is 1.60 bits per heavy atom. The summed E-state index contributed by atoms with van der Waals surface area (Å²) in [5.74, 6) is 0.721. The SMILES string of the molecule is CCOC(=O)Oc1ccc(C(=O)NCc2ccc(NC(=O)CCc3cccc(OC)c3)cc2)cc1. The van der Waals surface area contributed by atoms with Crippen molar-refractivity contribution in [3.63, 3.8) is 0 Å². The molecule has 0 saturated heterocycles. The predicted molar refractivity (Wildman–Crippen MR) is 132 cm³/mol. The molecule has 0 bridgehead atoms. The van der Waals surface area contributed by atoms with Crippen LogP contribution in [0.25, 0.3) is 0 Å². The number of aryl methyl sites for hydroxylation is 1. The van der Waals surface area contributed by atoms with Gasteiger partial charge in [0.25, 0.3) is 5.91 Å². The second kappa shape index (κ2) is 12.8. The molecule has 0 heterocycles. The minimum atomic E-state index is -0.791. The molecule has 0 aliphatic rings. The third-order valence-electron chi connectivity index (χ3n) is 5.05. The lowest BCUT2D eigenvalue weighted by atomic mass is 10.1. The van der Waals surface area contributed by atoms with Gasteiger partial charge < -0.3 is 24.8 Å². The van der Waals surface area contributed by atoms with Crippen molar-refractivity contribution in [2.75, 3.05) is 19.0 Å². The maximum Gasteiger partial charge on any atom is 0.513 e. The second-order valence-electron chi connectivity index (χ2n) is 7.59. The largest absolute Gasteiger partial charge is 0.513 e. The number of anilines is 1. The number of carbonyl (C=O) groups is 3. The Hall–Kier alpha value is -4.33. The highest BCUT2D eigenvalue weighted by Crippen LogP contribution is 2.16. The molecule has 3 aromatic carbocycles. The molecule has 8 nitrogen and oxygen atoms in total. The van der Waals surface area contributed by atoms with E-state index < -0.39 is 6.16 Å². The van der Waals surface area contributed by atoms with E-state index in [0.717, 1.165) is 16.9 Å². The van der Waals surface area contributed by atoms with E-state index in [1.165, 1.54) is 12.1 Å². The van der Waals surface area contributed by atoms with E-state index in [0.29, 0.717) is 36.4 Å². The molecule has 0 radical (unpaired) electrons. The van der Waals surface area contributed by atoms with Gasteiger partial charge in [-0.2, -0.15) is 0 Å². The summed E-state index contributed by atoms with van der Waals surface area (Å²) in [7, 11) is 1.61. The van der Waals surface area contributed by atoms with Gasteiger partial charge in [0.15, 0.2) is 0 Å². The first-order valence-electron chi connectivity index (χ1n) is 11.2. The molecule has 0 aliphatic carbocycles. The van der Waals surface area contributed by atoms with Gasteiger partial charge in [0.1, 0.15) is 11.5 Å². The van der Waals surface area contributed by atoms with Crippen LogP contribution in [0.3, 0.4) is 0 Å². The summed E-state index contributed by atoms with van der Waals surface area (Å²) in [6.45, 7) is 2.23. The maximum absolute atomic E-state index is 12.4. The van der Waals surface area contributed by atoms with Crippen molar-refractivity contribution in [1.82, 2.24) is 5.32 Å². The second-order valence-corrected chi connectivity index (χ2v) is 7.59. The maximum atomic E-state index is 12.4. The summed E-state index contributed by atoms with van der Waals surface area (Å²) in [6.07, 6.45) is 0.179. The zero-order chi connectivity index (χ0) is 25.0. The Balaban J connectivity index is 1.43. The Bertz CT molecular complexity index is 1140. The van der Waals surface area contributed by atoms with E-state index >= 15 is 0 Å². The van der Waals surface area contributed by atoms with Gasteiger partial charge >= 0.3 is 6.16 Å². The molecule has 8 heteroatoms. The highest BCUT2D eigenvalue weighted by molar-refractivity contribution is 5.94. The van der Waals surface area contributed by atoms with Crippen molar-refractivity contribution < 1.29 is 28.6 Å². The molecule has 35 heavy (non-hydrogen) atoms. The number of nitrogens with one attached hydrogen (secondary N) is 2. The van der Waals surface area contributed by atoms with Crippen LogP contribution in [0.15, 0.2) is 72.8 Å². The molecule has 0 atom stereocenters. The van der Waals surface area contributed by atoms with Crippen molar-refractivity contribution in [1.29, 1.82) is 0 Å². The Kier molecular flexibility index (Phi) is 9.24. The molecule has 2 N–H and O–H groups in total. The molecule has 0 aliphatic heterocycles. The number of benzene rings is 3. The molecule has 3 aromatic rings. The number of rotatable bonds is 10. The molecule has 0 fully saturated rings. The lowest BCUT2D eigenvalue weighted by molar-refractivity contribution is -0.116. The van der Waals surface area contributed by atoms with E-state index in [9.17, 15) is 14.4 Å². The number of carbonyl (C=O) groups excluding carboxylic acids is 3. The first-order valence-corrected chi connectivity index (χ1v) is 11.2. The quantitative estimate of drug-likeness (QED) is 0.324. The molecular formula is C27H28N2O6. The van der Waals surface area contributed by atoms with Gasteiger partial charge in [0.05, 0.1) is 13.7 Å². The number of amides is 2. The summed E-state index contributed by atoms with van der Waals surface area (Å²) in [6, 6.07) is 21.1. The van der Waals surface area contributed by atoms with E-state index in [1.807, 2.05) is 36.4 Å². The predicted octanol–water partition coefficient (Wildman–Crippen LogP) is 4.73. The Morgan fingerprint density at radius 3 is 2.29 bits per heavy atom. The lowest BCUT2D eigenvalue weighted by Crippen LogP contribution is -2.22. The van der Waals surface area contributed by atoms with Crippen LogP contribution in [0, 0.1) is 0 Å². The molecule has 182 valence electrons. The third kappa shape index (κ3) is 8.19. The van der Waals surface area contributed by atoms with Gasteiger partial charge in [0.2, 0.25) is 5.91 Å². The molecule has 2 amide bonds. The summed E-state index contributed by atoms with van der Waals surface area (Å²) in [5, 5.41) is 5.72. The number of methoxy groups -OCH3 is 1. The number of hydrogen-bond donors (Lipinski definition) is 2. The Labute approximate surface area is 204 Å². The van der Waals surface area contributed by atoms with Crippen LogP contribution in [-0.4, -0.2) is 31.7 Å². The summed E-state index contributed by atoms with van der Waals surface area (Å²) >= 11 is 0. The van der Waals surface area contributed by atoms with Crippen molar-refractivity contribution >= 4 is 23.7 Å². The van der Waals surface area contributed by atoms with E-state index in [1.54, 1.807) is 38.3 Å². The van der Waals surface area contributed by atoms with E-state index in [-0.39, 0.29) is 18.4 Å². The fourth-order valence-electron chi connectivity index (χ4n) is 3.22. The summed E-state index contributed by atoms with van der Waals surface area (Å²) in [4.78, 5) is 36.0. The number of hydrogen-bond acceptors (Lipinski definition) is 6. The van der Waals surface area contributed by atoms with Crippen molar-refractivity contribution in [2.45, 2.75) is 26.3 Å². The average molecular weight is 477 g/mol. The van der Waals surface area contributed by atoms with Gasteiger partial charge in [-0.1, -0.05) is 24.3 Å². The minimum Gasteiger partial charge on any atom is -0.497 e. The van der Waals surface area contributed by atoms with Crippen LogP contribution in [-0.2, 0) is 22.5 Å². The van der Waals surface area contributed by atoms with E-state index in [4.69, 9.17) is 14.2 Å². The minimum absolute atomic E-state index is 0.0794. The summed E-state index contributed by atoms with van der Waals surface area (Å²) < 4.78 is 14.9. The van der Waals surface area contributed by atoms with Crippen LogP contribution in [0.4, 0.5) is 10.5 Å². The van der Waals surface area contributed by atoms with Crippen molar-refractivity contribution in [3.05, 3.63) is 89.5 Å². The molecular weight excluding hydrogens is 448 g/mol. The first-order chi connectivity index (χ1) is 17.0. The normalized spacial score (nSPS) is 10.2. The molecule has 0 saturated carbocycles. The fourth-order valence-corrected chi connectivity index (χ4v) is 3.22. The highest BCUT2D eigenvalue weighted by atomic mass is 16.7. The van der Waals surface area contributed by atoms with Crippen LogP contribution >= 0.6 is 0 Å². The van der Waals surface area contributed by atoms with Gasteiger partial charge in [-0.15, -0.1) is 0 Å². The zero-order valence-electron chi connectivity index (χ0n) is 19.7. The van der Waals surface area contributed by atoms with Crippen LogP contribution in [0.1, 0.15) is 34.8 Å². The molecule has 0 spiro atoms. The fraction of sp³-hybridized carbons (Fsp3) is 0.222. The molecule has 3 rings (SSSR count). The molecule has 0 unspecified atom stereocenters. The van der Waals surface area contributed by atoms with Crippen LogP contribution < -0.4 is 20.1 Å². The average Bonchev–Trinajstić information content (AvgIpc) is 2.87.